The third kappa shape index (κ3) is 5.05. The van der Waals surface area contributed by atoms with Gasteiger partial charge in [-0.05, 0) is 42.3 Å². The maximum atomic E-state index is 12.0. The Morgan fingerprint density at radius 2 is 1.79 bits per heavy atom. The summed E-state index contributed by atoms with van der Waals surface area (Å²) in [7, 11) is -3.69. The van der Waals surface area contributed by atoms with Gasteiger partial charge in [0.25, 0.3) is 11.1 Å². The Labute approximate surface area is 150 Å². The third-order valence-electron chi connectivity index (χ3n) is 3.24. The Morgan fingerprint density at radius 3 is 2.33 bits per heavy atom. The van der Waals surface area contributed by atoms with Gasteiger partial charge in [0.2, 0.25) is 10.0 Å². The Bertz CT molecular complexity index is 748. The largest absolute Gasteiger partial charge is 0.329 e. The monoisotopic (exact) mass is 391 g/mol. The van der Waals surface area contributed by atoms with Crippen LogP contribution in [0.15, 0.2) is 40.1 Å². The number of benzene rings is 1. The highest BCUT2D eigenvalue weighted by atomic mass is 35.5. The van der Waals surface area contributed by atoms with Crippen molar-refractivity contribution in [1.82, 2.24) is 4.90 Å². The van der Waals surface area contributed by atoms with Crippen LogP contribution in [-0.2, 0) is 21.2 Å². The molecule has 0 unspecified atom stereocenters. The molecule has 2 amide bonds. The van der Waals surface area contributed by atoms with Crippen LogP contribution in [-0.4, -0.2) is 37.6 Å². The van der Waals surface area contributed by atoms with E-state index < -0.39 is 10.0 Å². The molecule has 4 N–H and O–H groups in total. The minimum Gasteiger partial charge on any atom is -0.329 e. The summed E-state index contributed by atoms with van der Waals surface area (Å²) in [5.74, 6) is -0.310. The van der Waals surface area contributed by atoms with Crippen LogP contribution in [0.3, 0.4) is 0 Å². The van der Waals surface area contributed by atoms with Crippen molar-refractivity contribution in [3.8, 4) is 0 Å². The zero-order valence-corrected chi connectivity index (χ0v) is 15.1. The van der Waals surface area contributed by atoms with Crippen LogP contribution in [0.2, 0.25) is 0 Å². The molecule has 1 aromatic rings. The maximum absolute atomic E-state index is 12.0. The number of rotatable bonds is 6. The van der Waals surface area contributed by atoms with Gasteiger partial charge in [-0.2, -0.15) is 0 Å². The molecule has 24 heavy (non-hydrogen) atoms. The van der Waals surface area contributed by atoms with Crippen molar-refractivity contribution in [1.29, 1.82) is 0 Å². The van der Waals surface area contributed by atoms with E-state index in [0.29, 0.717) is 17.7 Å². The lowest BCUT2D eigenvalue weighted by Gasteiger charge is -2.09. The summed E-state index contributed by atoms with van der Waals surface area (Å²) >= 11 is 0.910. The van der Waals surface area contributed by atoms with E-state index in [-0.39, 0.29) is 41.5 Å². The zero-order chi connectivity index (χ0) is 17.0. The fourth-order valence-electron chi connectivity index (χ4n) is 2.08. The SMILES string of the molecule is Cl.NCCN1C(=O)S/C(=C\CCc2ccc(S(N)(=O)=O)cc2)C1=O. The molecule has 1 aliphatic heterocycles. The molecule has 1 saturated heterocycles. The summed E-state index contributed by atoms with van der Waals surface area (Å²) in [4.78, 5) is 25.2. The van der Waals surface area contributed by atoms with Crippen LogP contribution in [0.25, 0.3) is 0 Å². The highest BCUT2D eigenvalue weighted by Crippen LogP contribution is 2.30. The van der Waals surface area contributed by atoms with Gasteiger partial charge in [-0.25, -0.2) is 13.6 Å². The zero-order valence-electron chi connectivity index (χ0n) is 12.7. The molecular weight excluding hydrogens is 374 g/mol. The highest BCUT2D eigenvalue weighted by molar-refractivity contribution is 8.18. The second-order valence-corrected chi connectivity index (χ2v) is 7.46. The van der Waals surface area contributed by atoms with Crippen molar-refractivity contribution < 1.29 is 18.0 Å². The number of nitrogens with zero attached hydrogens (tertiary/aromatic N) is 1. The summed E-state index contributed by atoms with van der Waals surface area (Å²) < 4.78 is 22.3. The van der Waals surface area contributed by atoms with Crippen molar-refractivity contribution in [2.75, 3.05) is 13.1 Å². The molecule has 0 aliphatic carbocycles. The average Bonchev–Trinajstić information content (AvgIpc) is 2.75. The molecule has 1 aliphatic rings. The highest BCUT2D eigenvalue weighted by Gasteiger charge is 2.33. The maximum Gasteiger partial charge on any atom is 0.293 e. The first-order valence-corrected chi connectivity index (χ1v) is 9.25. The van der Waals surface area contributed by atoms with E-state index in [0.717, 1.165) is 22.2 Å². The first-order valence-electron chi connectivity index (χ1n) is 6.88. The number of allylic oxidation sites excluding steroid dienone is 1. The van der Waals surface area contributed by atoms with Crippen LogP contribution in [0.4, 0.5) is 4.79 Å². The normalized spacial score (nSPS) is 16.6. The summed E-state index contributed by atoms with van der Waals surface area (Å²) in [6.07, 6.45) is 2.90. The van der Waals surface area contributed by atoms with Crippen LogP contribution in [0.5, 0.6) is 0 Å². The smallest absolute Gasteiger partial charge is 0.293 e. The number of aryl methyl sites for hydroxylation is 1. The fourth-order valence-corrected chi connectivity index (χ4v) is 3.46. The molecule has 10 heteroatoms. The number of carbonyl (C=O) groups is 2. The van der Waals surface area contributed by atoms with E-state index in [1.54, 1.807) is 18.2 Å². The number of primary sulfonamides is 1. The molecule has 0 radical (unpaired) electrons. The van der Waals surface area contributed by atoms with Gasteiger partial charge < -0.3 is 5.73 Å². The van der Waals surface area contributed by atoms with Gasteiger partial charge in [-0.3, -0.25) is 14.5 Å². The van der Waals surface area contributed by atoms with Gasteiger partial charge in [0.05, 0.1) is 9.80 Å². The van der Waals surface area contributed by atoms with Crippen molar-refractivity contribution in [3.63, 3.8) is 0 Å². The Kier molecular flexibility index (Phi) is 7.43. The number of carbonyl (C=O) groups excluding carboxylic acids is 2. The quantitative estimate of drug-likeness (QED) is 0.703. The molecule has 0 spiro atoms. The van der Waals surface area contributed by atoms with Gasteiger partial charge in [-0.1, -0.05) is 18.2 Å². The Morgan fingerprint density at radius 1 is 1.17 bits per heavy atom. The van der Waals surface area contributed by atoms with Crippen LogP contribution in [0.1, 0.15) is 12.0 Å². The number of thioether (sulfide) groups is 1. The van der Waals surface area contributed by atoms with E-state index in [4.69, 9.17) is 10.9 Å². The van der Waals surface area contributed by atoms with Crippen molar-refractivity contribution >= 4 is 45.3 Å². The molecule has 132 valence electrons. The van der Waals surface area contributed by atoms with Crippen molar-refractivity contribution in [2.24, 2.45) is 10.9 Å². The second-order valence-electron chi connectivity index (χ2n) is 4.91. The standard InChI is InChI=1S/C14H17N3O4S2.ClH/c15-8-9-17-13(18)12(22-14(17)19)3-1-2-10-4-6-11(7-5-10)23(16,20)21;/h3-7H,1-2,8-9,15H2,(H2,16,20,21);1H/b12-3-;. The van der Waals surface area contributed by atoms with E-state index in [2.05, 4.69) is 0 Å². The Hall–Kier alpha value is -1.39. The number of imide groups is 1. The molecule has 1 aromatic carbocycles. The number of sulfonamides is 1. The van der Waals surface area contributed by atoms with Gasteiger partial charge >= 0.3 is 0 Å². The summed E-state index contributed by atoms with van der Waals surface area (Å²) in [5.41, 5.74) is 6.28. The minimum absolute atomic E-state index is 0. The summed E-state index contributed by atoms with van der Waals surface area (Å²) in [6.45, 7) is 0.457. The van der Waals surface area contributed by atoms with Crippen molar-refractivity contribution in [2.45, 2.75) is 17.7 Å². The molecule has 1 fully saturated rings. The van der Waals surface area contributed by atoms with Gasteiger partial charge in [0.1, 0.15) is 0 Å². The van der Waals surface area contributed by atoms with E-state index in [9.17, 15) is 18.0 Å². The van der Waals surface area contributed by atoms with Crippen molar-refractivity contribution in [3.05, 3.63) is 40.8 Å². The Balaban J connectivity index is 0.00000288. The number of hydrogen-bond acceptors (Lipinski definition) is 6. The third-order valence-corrected chi connectivity index (χ3v) is 5.13. The molecule has 0 saturated carbocycles. The number of hydrogen-bond donors (Lipinski definition) is 2. The summed E-state index contributed by atoms with van der Waals surface area (Å²) in [5, 5.41) is 4.73. The van der Waals surface area contributed by atoms with Crippen LogP contribution < -0.4 is 10.9 Å². The van der Waals surface area contributed by atoms with Gasteiger partial charge in [-0.15, -0.1) is 12.4 Å². The molecular formula is C14H18ClN3O4S2. The molecule has 0 bridgehead atoms. The first kappa shape index (κ1) is 20.7. The van der Waals surface area contributed by atoms with Gasteiger partial charge in [0.15, 0.2) is 0 Å². The van der Waals surface area contributed by atoms with Crippen LogP contribution in [0, 0.1) is 0 Å². The fraction of sp³-hybridized carbons (Fsp3) is 0.286. The topological polar surface area (TPSA) is 124 Å². The molecule has 0 aromatic heterocycles. The lowest BCUT2D eigenvalue weighted by atomic mass is 10.1. The molecule has 1 heterocycles. The second kappa shape index (κ2) is 8.63. The predicted octanol–water partition coefficient (Wildman–Crippen LogP) is 1.23. The van der Waals surface area contributed by atoms with Crippen LogP contribution >= 0.6 is 24.2 Å². The van der Waals surface area contributed by atoms with E-state index in [1.807, 2.05) is 0 Å². The minimum atomic E-state index is -3.69. The molecule has 2 rings (SSSR count). The lowest BCUT2D eigenvalue weighted by Crippen LogP contribution is -2.33. The van der Waals surface area contributed by atoms with E-state index in [1.165, 1.54) is 12.1 Å². The number of amides is 2. The molecule has 7 nitrogen and oxygen atoms in total. The lowest BCUT2D eigenvalue weighted by molar-refractivity contribution is -0.122. The summed E-state index contributed by atoms with van der Waals surface area (Å²) in [6, 6.07) is 6.24. The predicted molar refractivity (Wildman–Crippen MR) is 95.2 cm³/mol. The van der Waals surface area contributed by atoms with E-state index >= 15 is 0 Å². The first-order chi connectivity index (χ1) is 10.8. The number of halogens is 1. The average molecular weight is 392 g/mol. The van der Waals surface area contributed by atoms with Gasteiger partial charge in [0, 0.05) is 13.1 Å². The molecule has 0 atom stereocenters. The number of nitrogens with two attached hydrogens (primary N) is 2.